The number of imide groups is 1. The Morgan fingerprint density at radius 3 is 2.51 bits per heavy atom. The van der Waals surface area contributed by atoms with Crippen LogP contribution < -0.4 is 10.1 Å². The summed E-state index contributed by atoms with van der Waals surface area (Å²) in [5.74, 6) is -0.559. The second kappa shape index (κ2) is 10.3. The Kier molecular flexibility index (Phi) is 6.96. The molecule has 0 aromatic heterocycles. The Morgan fingerprint density at radius 1 is 1.00 bits per heavy atom. The fourth-order valence-corrected chi connectivity index (χ4v) is 3.78. The number of esters is 1. The minimum Gasteiger partial charge on any atom is -0.497 e. The lowest BCUT2D eigenvalue weighted by Gasteiger charge is -2.18. The maximum absolute atomic E-state index is 12.5. The lowest BCUT2D eigenvalue weighted by atomic mass is 10.1. The Hall–Kier alpha value is -4.40. The van der Waals surface area contributed by atoms with E-state index in [4.69, 9.17) is 9.47 Å². The van der Waals surface area contributed by atoms with Crippen molar-refractivity contribution in [2.45, 2.75) is 13.1 Å². The molecular formula is C26H25N3O6. The fraction of sp³-hybridized carbons (Fsp3) is 0.231. The van der Waals surface area contributed by atoms with Gasteiger partial charge in [-0.2, -0.15) is 0 Å². The van der Waals surface area contributed by atoms with Gasteiger partial charge in [0.25, 0.3) is 5.91 Å². The van der Waals surface area contributed by atoms with Crippen molar-refractivity contribution in [1.29, 1.82) is 0 Å². The van der Waals surface area contributed by atoms with E-state index in [0.29, 0.717) is 12.1 Å². The van der Waals surface area contributed by atoms with Crippen molar-refractivity contribution >= 4 is 34.6 Å². The first kappa shape index (κ1) is 23.7. The van der Waals surface area contributed by atoms with E-state index in [0.717, 1.165) is 27.0 Å². The first-order chi connectivity index (χ1) is 16.8. The molecule has 1 saturated heterocycles. The lowest BCUT2D eigenvalue weighted by molar-refractivity contribution is -0.133. The standard InChI is InChI=1S/C26H25N3O6/c1-28(14-18-6-7-20-12-22(34-2)9-8-19(20)10-18)24(31)16-35-25(32)21-5-3-4-17(11-21)15-29-23(30)13-27-26(29)33/h3-12H,13-16H2,1-2H3,(H,27,33). The fourth-order valence-electron chi connectivity index (χ4n) is 3.78. The summed E-state index contributed by atoms with van der Waals surface area (Å²) in [4.78, 5) is 51.1. The highest BCUT2D eigenvalue weighted by atomic mass is 16.5. The molecule has 0 aliphatic carbocycles. The third-order valence-corrected chi connectivity index (χ3v) is 5.72. The Labute approximate surface area is 202 Å². The summed E-state index contributed by atoms with van der Waals surface area (Å²) < 4.78 is 10.5. The van der Waals surface area contributed by atoms with Gasteiger partial charge in [-0.1, -0.05) is 30.3 Å². The SMILES string of the molecule is COc1ccc2cc(CN(C)C(=O)COC(=O)c3cccc(CN4C(=O)CNC4=O)c3)ccc2c1. The summed E-state index contributed by atoms with van der Waals surface area (Å²) >= 11 is 0. The minimum absolute atomic E-state index is 0.0376. The Bertz CT molecular complexity index is 1290. The van der Waals surface area contributed by atoms with Gasteiger partial charge in [0, 0.05) is 13.6 Å². The number of rotatable bonds is 8. The third kappa shape index (κ3) is 5.57. The monoisotopic (exact) mass is 475 g/mol. The number of nitrogens with one attached hydrogen (secondary N) is 1. The van der Waals surface area contributed by atoms with Crippen LogP contribution in [0.5, 0.6) is 5.75 Å². The number of fused-ring (bicyclic) bond motifs is 1. The van der Waals surface area contributed by atoms with Gasteiger partial charge in [0.1, 0.15) is 5.75 Å². The second-order valence-electron chi connectivity index (χ2n) is 8.21. The minimum atomic E-state index is -0.662. The summed E-state index contributed by atoms with van der Waals surface area (Å²) in [7, 11) is 3.27. The molecule has 1 fully saturated rings. The molecule has 3 aromatic carbocycles. The highest BCUT2D eigenvalue weighted by molar-refractivity contribution is 6.02. The van der Waals surface area contributed by atoms with Crippen molar-refractivity contribution < 1.29 is 28.7 Å². The van der Waals surface area contributed by atoms with Gasteiger partial charge in [0.2, 0.25) is 5.91 Å². The molecule has 35 heavy (non-hydrogen) atoms. The molecule has 180 valence electrons. The van der Waals surface area contributed by atoms with E-state index in [9.17, 15) is 19.2 Å². The molecule has 4 rings (SSSR count). The first-order valence-corrected chi connectivity index (χ1v) is 11.0. The van der Waals surface area contributed by atoms with Crippen LogP contribution in [0.25, 0.3) is 10.8 Å². The highest BCUT2D eigenvalue weighted by Gasteiger charge is 2.28. The molecular weight excluding hydrogens is 450 g/mol. The van der Waals surface area contributed by atoms with Gasteiger partial charge in [-0.25, -0.2) is 9.59 Å². The predicted molar refractivity (Wildman–Crippen MR) is 128 cm³/mol. The van der Waals surface area contributed by atoms with Crippen LogP contribution in [0, 0.1) is 0 Å². The third-order valence-electron chi connectivity index (χ3n) is 5.72. The zero-order valence-electron chi connectivity index (χ0n) is 19.4. The zero-order valence-corrected chi connectivity index (χ0v) is 19.4. The molecule has 3 aromatic rings. The van der Waals surface area contributed by atoms with Crippen molar-refractivity contribution in [2.24, 2.45) is 0 Å². The zero-order chi connectivity index (χ0) is 24.9. The number of hydrogen-bond donors (Lipinski definition) is 1. The van der Waals surface area contributed by atoms with Crippen LogP contribution in [0.1, 0.15) is 21.5 Å². The normalized spacial score (nSPS) is 13.0. The summed E-state index contributed by atoms with van der Waals surface area (Å²) in [6.45, 7) is -0.0345. The van der Waals surface area contributed by atoms with Gasteiger partial charge < -0.3 is 19.7 Å². The largest absolute Gasteiger partial charge is 0.497 e. The molecule has 0 bridgehead atoms. The number of amides is 4. The van der Waals surface area contributed by atoms with Crippen LogP contribution in [0.15, 0.2) is 60.7 Å². The maximum Gasteiger partial charge on any atom is 0.338 e. The Balaban J connectivity index is 1.32. The van der Waals surface area contributed by atoms with Crippen molar-refractivity contribution in [2.75, 3.05) is 27.3 Å². The van der Waals surface area contributed by atoms with Gasteiger partial charge in [0.15, 0.2) is 6.61 Å². The van der Waals surface area contributed by atoms with Crippen molar-refractivity contribution in [3.63, 3.8) is 0 Å². The number of carbonyl (C=O) groups is 4. The molecule has 0 atom stereocenters. The van der Waals surface area contributed by atoms with Crippen LogP contribution in [0.2, 0.25) is 0 Å². The van der Waals surface area contributed by atoms with Crippen molar-refractivity contribution in [3.05, 3.63) is 77.4 Å². The number of hydrogen-bond acceptors (Lipinski definition) is 6. The van der Waals surface area contributed by atoms with Gasteiger partial charge in [0.05, 0.1) is 25.8 Å². The van der Waals surface area contributed by atoms with Gasteiger partial charge >= 0.3 is 12.0 Å². The topological polar surface area (TPSA) is 105 Å². The van der Waals surface area contributed by atoms with Crippen LogP contribution in [0.3, 0.4) is 0 Å². The average molecular weight is 476 g/mol. The van der Waals surface area contributed by atoms with E-state index in [2.05, 4.69) is 5.32 Å². The van der Waals surface area contributed by atoms with Crippen LogP contribution in [-0.2, 0) is 27.4 Å². The molecule has 0 saturated carbocycles. The first-order valence-electron chi connectivity index (χ1n) is 11.0. The van der Waals surface area contributed by atoms with E-state index in [1.807, 2.05) is 36.4 Å². The highest BCUT2D eigenvalue weighted by Crippen LogP contribution is 2.22. The molecule has 1 N–H and O–H groups in total. The molecule has 0 unspecified atom stereocenters. The molecule has 0 radical (unpaired) electrons. The van der Waals surface area contributed by atoms with E-state index in [1.54, 1.807) is 38.4 Å². The van der Waals surface area contributed by atoms with Crippen LogP contribution >= 0.6 is 0 Å². The smallest absolute Gasteiger partial charge is 0.338 e. The lowest BCUT2D eigenvalue weighted by Crippen LogP contribution is -2.31. The number of carbonyl (C=O) groups excluding carboxylic acids is 4. The average Bonchev–Trinajstić information content (AvgIpc) is 3.18. The number of benzene rings is 3. The number of urea groups is 1. The Morgan fingerprint density at radius 2 is 1.77 bits per heavy atom. The van der Waals surface area contributed by atoms with E-state index < -0.39 is 18.6 Å². The molecule has 4 amide bonds. The van der Waals surface area contributed by atoms with Gasteiger partial charge in [-0.15, -0.1) is 0 Å². The molecule has 1 aliphatic heterocycles. The molecule has 0 spiro atoms. The van der Waals surface area contributed by atoms with Crippen molar-refractivity contribution in [1.82, 2.24) is 15.1 Å². The summed E-state index contributed by atoms with van der Waals surface area (Å²) in [6, 6.07) is 17.7. The summed E-state index contributed by atoms with van der Waals surface area (Å²) in [5, 5.41) is 4.52. The van der Waals surface area contributed by atoms with Gasteiger partial charge in [-0.05, 0) is 52.2 Å². The molecule has 9 nitrogen and oxygen atoms in total. The molecule has 1 heterocycles. The summed E-state index contributed by atoms with van der Waals surface area (Å²) in [5.41, 5.74) is 1.77. The molecule has 9 heteroatoms. The quantitative estimate of drug-likeness (QED) is 0.397. The van der Waals surface area contributed by atoms with Crippen LogP contribution in [-0.4, -0.2) is 60.9 Å². The van der Waals surface area contributed by atoms with Crippen LogP contribution in [0.4, 0.5) is 4.79 Å². The molecule has 1 aliphatic rings. The number of ether oxygens (including phenoxy) is 2. The number of methoxy groups -OCH3 is 1. The van der Waals surface area contributed by atoms with E-state index in [-0.39, 0.29) is 30.5 Å². The predicted octanol–water partition coefficient (Wildman–Crippen LogP) is 2.72. The summed E-state index contributed by atoms with van der Waals surface area (Å²) in [6.07, 6.45) is 0. The second-order valence-corrected chi connectivity index (χ2v) is 8.21. The van der Waals surface area contributed by atoms with Gasteiger partial charge in [-0.3, -0.25) is 14.5 Å². The van der Waals surface area contributed by atoms with E-state index >= 15 is 0 Å². The van der Waals surface area contributed by atoms with Crippen molar-refractivity contribution in [3.8, 4) is 5.75 Å². The number of likely N-dealkylation sites (N-methyl/N-ethyl adjacent to an activating group) is 1. The van der Waals surface area contributed by atoms with E-state index in [1.165, 1.54) is 4.90 Å². The number of nitrogens with zero attached hydrogens (tertiary/aromatic N) is 2. The maximum atomic E-state index is 12.5.